The van der Waals surface area contributed by atoms with Gasteiger partial charge < -0.3 is 4.74 Å². The van der Waals surface area contributed by atoms with Crippen LogP contribution in [0.1, 0.15) is 18.7 Å². The minimum atomic E-state index is -4.61. The molecule has 1 aromatic carbocycles. The normalized spacial score (nSPS) is 16.5. The third kappa shape index (κ3) is 3.78. The lowest BCUT2D eigenvalue weighted by Crippen LogP contribution is -2.50. The van der Waals surface area contributed by atoms with Gasteiger partial charge in [0, 0.05) is 12.1 Å². The van der Waals surface area contributed by atoms with E-state index in [1.165, 1.54) is 19.9 Å². The van der Waals surface area contributed by atoms with Crippen molar-refractivity contribution in [2.45, 2.75) is 25.6 Å². The SMILES string of the molecule is CC1(C)Oc2cc(NS(C)(=O)=O)cc(F)c2N(c2ccc(C(F)(F)F)s2)C1=O. The largest absolute Gasteiger partial charge is 0.476 e. The minimum Gasteiger partial charge on any atom is -0.476 e. The van der Waals surface area contributed by atoms with Crippen molar-refractivity contribution in [1.29, 1.82) is 0 Å². The van der Waals surface area contributed by atoms with Gasteiger partial charge >= 0.3 is 6.18 Å². The van der Waals surface area contributed by atoms with Gasteiger partial charge in [0.1, 0.15) is 21.3 Å². The summed E-state index contributed by atoms with van der Waals surface area (Å²) in [5.41, 5.74) is -2.06. The molecule has 6 nitrogen and oxygen atoms in total. The van der Waals surface area contributed by atoms with Gasteiger partial charge in [-0.2, -0.15) is 13.2 Å². The Bertz CT molecular complexity index is 1060. The first-order valence-electron chi connectivity index (χ1n) is 7.71. The Labute approximate surface area is 161 Å². The number of nitrogens with zero attached hydrogens (tertiary/aromatic N) is 1. The van der Waals surface area contributed by atoms with Crippen molar-refractivity contribution in [3.63, 3.8) is 0 Å². The fourth-order valence-electron chi connectivity index (χ4n) is 2.64. The summed E-state index contributed by atoms with van der Waals surface area (Å²) < 4.78 is 84.0. The van der Waals surface area contributed by atoms with E-state index in [1.54, 1.807) is 0 Å². The minimum absolute atomic E-state index is 0.141. The number of anilines is 3. The lowest BCUT2D eigenvalue weighted by molar-refractivity contribution is -0.134. The summed E-state index contributed by atoms with van der Waals surface area (Å²) >= 11 is 0.284. The van der Waals surface area contributed by atoms with E-state index in [9.17, 15) is 30.8 Å². The molecule has 152 valence electrons. The van der Waals surface area contributed by atoms with Crippen molar-refractivity contribution in [3.05, 3.63) is 35.0 Å². The number of carbonyl (C=O) groups excluding carboxylic acids is 1. The van der Waals surface area contributed by atoms with Crippen molar-refractivity contribution >= 4 is 43.6 Å². The molecule has 2 heterocycles. The van der Waals surface area contributed by atoms with E-state index in [0.717, 1.165) is 29.4 Å². The Morgan fingerprint density at radius 2 is 1.86 bits per heavy atom. The fraction of sp³-hybridized carbons (Fsp3) is 0.312. The van der Waals surface area contributed by atoms with Gasteiger partial charge in [-0.05, 0) is 26.0 Å². The topological polar surface area (TPSA) is 75.7 Å². The maximum atomic E-state index is 14.8. The van der Waals surface area contributed by atoms with Crippen molar-refractivity contribution in [2.24, 2.45) is 0 Å². The number of sulfonamides is 1. The summed E-state index contributed by atoms with van der Waals surface area (Å²) in [6.07, 6.45) is -3.74. The number of hydrogen-bond donors (Lipinski definition) is 1. The molecule has 28 heavy (non-hydrogen) atoms. The van der Waals surface area contributed by atoms with Crippen LogP contribution in [0, 0.1) is 5.82 Å². The number of amides is 1. The molecule has 2 aromatic rings. The molecule has 1 aliphatic heterocycles. The molecule has 0 bridgehead atoms. The smallest absolute Gasteiger partial charge is 0.425 e. The first kappa shape index (κ1) is 20.4. The van der Waals surface area contributed by atoms with Gasteiger partial charge in [0.25, 0.3) is 5.91 Å². The van der Waals surface area contributed by atoms with E-state index < -0.39 is 38.4 Å². The molecule has 12 heteroatoms. The second-order valence-electron chi connectivity index (χ2n) is 6.57. The second-order valence-corrected chi connectivity index (χ2v) is 9.38. The zero-order valence-electron chi connectivity index (χ0n) is 14.7. The first-order chi connectivity index (χ1) is 12.7. The van der Waals surface area contributed by atoms with Crippen LogP contribution < -0.4 is 14.4 Å². The Kier molecular flexibility index (Phi) is 4.62. The molecule has 0 saturated carbocycles. The van der Waals surface area contributed by atoms with Crippen LogP contribution in [0.2, 0.25) is 0 Å². The summed E-state index contributed by atoms with van der Waals surface area (Å²) in [4.78, 5) is 12.7. The number of thiophene rings is 1. The molecule has 3 rings (SSSR count). The molecule has 0 aliphatic carbocycles. The first-order valence-corrected chi connectivity index (χ1v) is 10.4. The number of ether oxygens (including phenoxy) is 1. The van der Waals surface area contributed by atoms with Crippen molar-refractivity contribution in [2.75, 3.05) is 15.9 Å². The maximum Gasteiger partial charge on any atom is 0.425 e. The zero-order chi connectivity index (χ0) is 21.1. The number of nitrogens with one attached hydrogen (secondary N) is 1. The average molecular weight is 438 g/mol. The summed E-state index contributed by atoms with van der Waals surface area (Å²) in [7, 11) is -3.71. The van der Waals surface area contributed by atoms with Gasteiger partial charge in [0.2, 0.25) is 10.0 Å². The summed E-state index contributed by atoms with van der Waals surface area (Å²) in [6.45, 7) is 2.75. The second kappa shape index (κ2) is 6.34. The molecule has 0 fully saturated rings. The third-order valence-corrected chi connectivity index (χ3v) is 5.45. The van der Waals surface area contributed by atoms with Crippen LogP contribution in [0.25, 0.3) is 0 Å². The quantitative estimate of drug-likeness (QED) is 0.732. The number of hydrogen-bond acceptors (Lipinski definition) is 5. The van der Waals surface area contributed by atoms with Crippen LogP contribution in [-0.2, 0) is 21.0 Å². The summed E-state index contributed by atoms with van der Waals surface area (Å²) in [5, 5.41) is -0.141. The van der Waals surface area contributed by atoms with Crippen LogP contribution in [0.4, 0.5) is 33.9 Å². The van der Waals surface area contributed by atoms with E-state index in [0.29, 0.717) is 0 Å². The van der Waals surface area contributed by atoms with Gasteiger partial charge in [-0.25, -0.2) is 12.8 Å². The lowest BCUT2D eigenvalue weighted by atomic mass is 10.0. The standard InChI is InChI=1S/C16H14F4N2O4S2/c1-15(2)14(23)22(12-5-4-11(27-12)16(18,19)20)13-9(17)6-8(7-10(13)26-15)21-28(3,24)25/h4-7,21H,1-3H3. The molecule has 0 atom stereocenters. The third-order valence-electron chi connectivity index (χ3n) is 3.73. The molecule has 1 N–H and O–H groups in total. The highest BCUT2D eigenvalue weighted by Crippen LogP contribution is 2.48. The van der Waals surface area contributed by atoms with Gasteiger partial charge in [0.15, 0.2) is 11.4 Å². The Morgan fingerprint density at radius 1 is 1.21 bits per heavy atom. The maximum absolute atomic E-state index is 14.8. The number of alkyl halides is 3. The molecule has 0 unspecified atom stereocenters. The van der Waals surface area contributed by atoms with Crippen LogP contribution in [0.3, 0.4) is 0 Å². The van der Waals surface area contributed by atoms with E-state index in [1.807, 2.05) is 0 Å². The predicted molar refractivity (Wildman–Crippen MR) is 96.0 cm³/mol. The highest BCUT2D eigenvalue weighted by atomic mass is 32.2. The van der Waals surface area contributed by atoms with Crippen molar-refractivity contribution in [3.8, 4) is 5.75 Å². The Balaban J connectivity index is 2.17. The molecular formula is C16H14F4N2O4S2. The van der Waals surface area contributed by atoms with Crippen LogP contribution in [0.5, 0.6) is 5.75 Å². The molecule has 0 radical (unpaired) electrons. The van der Waals surface area contributed by atoms with E-state index in [2.05, 4.69) is 4.72 Å². The van der Waals surface area contributed by atoms with Crippen molar-refractivity contribution < 1.29 is 35.5 Å². The molecular weight excluding hydrogens is 424 g/mol. The van der Waals surface area contributed by atoms with Gasteiger partial charge in [0.05, 0.1) is 11.9 Å². The molecule has 1 amide bonds. The fourth-order valence-corrected chi connectivity index (χ4v) is 4.07. The summed E-state index contributed by atoms with van der Waals surface area (Å²) in [5.74, 6) is -1.98. The molecule has 1 aromatic heterocycles. The van der Waals surface area contributed by atoms with E-state index in [4.69, 9.17) is 4.74 Å². The number of fused-ring (bicyclic) bond motifs is 1. The van der Waals surface area contributed by atoms with E-state index >= 15 is 0 Å². The Morgan fingerprint density at radius 3 is 2.39 bits per heavy atom. The van der Waals surface area contributed by atoms with Crippen LogP contribution in [-0.4, -0.2) is 26.2 Å². The van der Waals surface area contributed by atoms with Crippen LogP contribution in [0.15, 0.2) is 24.3 Å². The average Bonchev–Trinajstić information content (AvgIpc) is 2.96. The number of carbonyl (C=O) groups is 1. The monoisotopic (exact) mass is 438 g/mol. The molecule has 0 saturated heterocycles. The number of halogens is 4. The van der Waals surface area contributed by atoms with Gasteiger partial charge in [-0.1, -0.05) is 0 Å². The summed E-state index contributed by atoms with van der Waals surface area (Å²) in [6, 6.07) is 3.85. The van der Waals surface area contributed by atoms with E-state index in [-0.39, 0.29) is 33.5 Å². The van der Waals surface area contributed by atoms with Gasteiger partial charge in [-0.3, -0.25) is 14.4 Å². The highest BCUT2D eigenvalue weighted by Gasteiger charge is 2.44. The lowest BCUT2D eigenvalue weighted by Gasteiger charge is -2.38. The Hall–Kier alpha value is -2.34. The van der Waals surface area contributed by atoms with Crippen molar-refractivity contribution in [1.82, 2.24) is 0 Å². The van der Waals surface area contributed by atoms with Crippen LogP contribution >= 0.6 is 11.3 Å². The molecule has 1 aliphatic rings. The highest BCUT2D eigenvalue weighted by molar-refractivity contribution is 7.92. The molecule has 0 spiro atoms. The predicted octanol–water partition coefficient (Wildman–Crippen LogP) is 4.11. The zero-order valence-corrected chi connectivity index (χ0v) is 16.4. The number of benzene rings is 1. The van der Waals surface area contributed by atoms with Gasteiger partial charge in [-0.15, -0.1) is 11.3 Å². The number of rotatable bonds is 3.